The fourth-order valence-corrected chi connectivity index (χ4v) is 1.09. The molecular weight excluding hydrogens is 166 g/mol. The second kappa shape index (κ2) is 1.88. The number of anilines is 1. The van der Waals surface area contributed by atoms with E-state index in [1.54, 1.807) is 0 Å². The lowest BCUT2D eigenvalue weighted by atomic mass is 10.4. The summed E-state index contributed by atoms with van der Waals surface area (Å²) in [6.07, 6.45) is 0. The van der Waals surface area contributed by atoms with Gasteiger partial charge < -0.3 is 5.73 Å². The Morgan fingerprint density at radius 2 is 2.27 bits per heavy atom. The summed E-state index contributed by atoms with van der Waals surface area (Å²) < 4.78 is 1.53. The maximum absolute atomic E-state index is 5.66. The summed E-state index contributed by atoms with van der Waals surface area (Å²) in [5, 5.41) is 10.6. The summed E-state index contributed by atoms with van der Waals surface area (Å²) in [6.45, 7) is 1.85. The van der Waals surface area contributed by atoms with E-state index in [2.05, 4.69) is 15.3 Å². The van der Waals surface area contributed by atoms with E-state index in [-0.39, 0.29) is 0 Å². The van der Waals surface area contributed by atoms with Crippen molar-refractivity contribution in [3.8, 4) is 0 Å². The molecule has 0 unspecified atom stereocenters. The SMILES string of the molecule is Cc1[nH]n2c(Cl)nnc2c1N. The first kappa shape index (κ1) is 6.48. The molecule has 0 aliphatic rings. The molecule has 0 amide bonds. The lowest BCUT2D eigenvalue weighted by molar-refractivity contribution is 0.930. The Morgan fingerprint density at radius 1 is 1.55 bits per heavy atom. The van der Waals surface area contributed by atoms with Crippen LogP contribution in [0.15, 0.2) is 0 Å². The topological polar surface area (TPSA) is 72.0 Å². The number of halogens is 1. The molecular formula is C5H6ClN5. The van der Waals surface area contributed by atoms with E-state index in [1.807, 2.05) is 6.92 Å². The summed E-state index contributed by atoms with van der Waals surface area (Å²) >= 11 is 5.66. The van der Waals surface area contributed by atoms with Crippen LogP contribution < -0.4 is 5.73 Å². The molecule has 58 valence electrons. The number of hydrogen-bond donors (Lipinski definition) is 2. The number of nitrogens with zero attached hydrogens (tertiary/aromatic N) is 3. The zero-order chi connectivity index (χ0) is 8.01. The first-order valence-electron chi connectivity index (χ1n) is 3.05. The number of hydrogen-bond acceptors (Lipinski definition) is 3. The highest BCUT2D eigenvalue weighted by molar-refractivity contribution is 6.28. The number of H-pyrrole nitrogens is 1. The van der Waals surface area contributed by atoms with Crippen molar-refractivity contribution in [3.63, 3.8) is 0 Å². The molecule has 0 aromatic carbocycles. The van der Waals surface area contributed by atoms with Crippen molar-refractivity contribution in [2.24, 2.45) is 0 Å². The number of nitrogens with one attached hydrogen (secondary N) is 1. The Morgan fingerprint density at radius 3 is 2.91 bits per heavy atom. The second-order valence-electron chi connectivity index (χ2n) is 2.28. The van der Waals surface area contributed by atoms with Gasteiger partial charge in [0.05, 0.1) is 11.4 Å². The van der Waals surface area contributed by atoms with Gasteiger partial charge in [-0.15, -0.1) is 10.2 Å². The number of aromatic amines is 1. The van der Waals surface area contributed by atoms with Gasteiger partial charge in [-0.1, -0.05) is 0 Å². The minimum absolute atomic E-state index is 0.291. The van der Waals surface area contributed by atoms with Crippen LogP contribution in [0.3, 0.4) is 0 Å². The summed E-state index contributed by atoms with van der Waals surface area (Å²) in [5.74, 6) is 0. The molecule has 0 aliphatic heterocycles. The molecule has 0 saturated carbocycles. The molecule has 2 aromatic rings. The van der Waals surface area contributed by atoms with Gasteiger partial charge in [-0.25, -0.2) is 4.52 Å². The minimum atomic E-state index is 0.291. The molecule has 0 spiro atoms. The Labute approximate surface area is 67.1 Å². The minimum Gasteiger partial charge on any atom is -0.394 e. The molecule has 0 aliphatic carbocycles. The Bertz CT molecular complexity index is 400. The standard InChI is InChI=1S/C5H6ClN5/c1-2-3(7)4-8-9-5(6)11(4)10-2/h10H,7H2,1H3. The number of nitrogens with two attached hydrogens (primary N) is 1. The first-order chi connectivity index (χ1) is 5.20. The largest absolute Gasteiger partial charge is 0.394 e. The van der Waals surface area contributed by atoms with E-state index in [0.717, 1.165) is 5.69 Å². The van der Waals surface area contributed by atoms with E-state index in [9.17, 15) is 0 Å². The van der Waals surface area contributed by atoms with Gasteiger partial charge in [0.15, 0.2) is 0 Å². The average Bonchev–Trinajstić information content (AvgIpc) is 2.43. The lowest BCUT2D eigenvalue weighted by Gasteiger charge is -1.83. The van der Waals surface area contributed by atoms with Gasteiger partial charge in [0, 0.05) is 0 Å². The van der Waals surface area contributed by atoms with Crippen LogP contribution in [0.2, 0.25) is 5.28 Å². The van der Waals surface area contributed by atoms with Gasteiger partial charge >= 0.3 is 0 Å². The fourth-order valence-electron chi connectivity index (χ4n) is 0.934. The Balaban J connectivity index is 2.93. The number of rotatable bonds is 0. The lowest BCUT2D eigenvalue weighted by Crippen LogP contribution is -1.85. The highest BCUT2D eigenvalue weighted by Crippen LogP contribution is 2.17. The molecule has 3 N–H and O–H groups in total. The summed E-state index contributed by atoms with van der Waals surface area (Å²) in [6, 6.07) is 0. The summed E-state index contributed by atoms with van der Waals surface area (Å²) in [5.41, 5.74) is 7.65. The predicted molar refractivity (Wildman–Crippen MR) is 41.5 cm³/mol. The van der Waals surface area contributed by atoms with Crippen molar-refractivity contribution in [2.45, 2.75) is 6.92 Å². The average molecular weight is 172 g/mol. The van der Waals surface area contributed by atoms with Crippen LogP contribution in [0, 0.1) is 6.92 Å². The van der Waals surface area contributed by atoms with Crippen molar-refractivity contribution >= 4 is 22.9 Å². The number of nitrogen functional groups attached to an aromatic ring is 1. The normalized spacial score (nSPS) is 11.1. The molecule has 6 heteroatoms. The Hall–Kier alpha value is -1.23. The number of aryl methyl sites for hydroxylation is 1. The maximum atomic E-state index is 5.66. The maximum Gasteiger partial charge on any atom is 0.244 e. The third-order valence-electron chi connectivity index (χ3n) is 1.55. The molecule has 0 atom stereocenters. The highest BCUT2D eigenvalue weighted by Gasteiger charge is 2.09. The summed E-state index contributed by atoms with van der Waals surface area (Å²) in [4.78, 5) is 0. The third-order valence-corrected chi connectivity index (χ3v) is 1.79. The molecule has 0 radical (unpaired) electrons. The van der Waals surface area contributed by atoms with Gasteiger partial charge in [-0.05, 0) is 18.5 Å². The van der Waals surface area contributed by atoms with E-state index >= 15 is 0 Å². The van der Waals surface area contributed by atoms with Crippen LogP contribution in [0.4, 0.5) is 5.69 Å². The van der Waals surface area contributed by atoms with Crippen molar-refractivity contribution < 1.29 is 0 Å². The molecule has 5 nitrogen and oxygen atoms in total. The van der Waals surface area contributed by atoms with E-state index in [0.29, 0.717) is 16.6 Å². The Kier molecular flexibility index (Phi) is 1.11. The smallest absolute Gasteiger partial charge is 0.244 e. The van der Waals surface area contributed by atoms with Crippen LogP contribution >= 0.6 is 11.6 Å². The zero-order valence-electron chi connectivity index (χ0n) is 5.80. The molecule has 2 aromatic heterocycles. The molecule has 2 rings (SSSR count). The van der Waals surface area contributed by atoms with Gasteiger partial charge in [-0.2, -0.15) is 0 Å². The van der Waals surface area contributed by atoms with Crippen LogP contribution in [-0.4, -0.2) is 19.8 Å². The van der Waals surface area contributed by atoms with Gasteiger partial charge in [0.2, 0.25) is 10.9 Å². The van der Waals surface area contributed by atoms with Crippen molar-refractivity contribution in [1.82, 2.24) is 19.8 Å². The third kappa shape index (κ3) is 0.711. The van der Waals surface area contributed by atoms with Gasteiger partial charge in [-0.3, -0.25) is 5.10 Å². The molecule has 0 fully saturated rings. The van der Waals surface area contributed by atoms with E-state index in [1.165, 1.54) is 4.52 Å². The zero-order valence-corrected chi connectivity index (χ0v) is 6.55. The molecule has 2 heterocycles. The van der Waals surface area contributed by atoms with Crippen LogP contribution in [0.25, 0.3) is 5.65 Å². The van der Waals surface area contributed by atoms with E-state index in [4.69, 9.17) is 17.3 Å². The van der Waals surface area contributed by atoms with Crippen LogP contribution in [0.1, 0.15) is 5.69 Å². The van der Waals surface area contributed by atoms with Gasteiger partial charge in [0.25, 0.3) is 0 Å². The molecule has 0 saturated heterocycles. The van der Waals surface area contributed by atoms with Crippen molar-refractivity contribution in [2.75, 3.05) is 5.73 Å². The number of fused-ring (bicyclic) bond motifs is 1. The van der Waals surface area contributed by atoms with Crippen molar-refractivity contribution in [3.05, 3.63) is 11.0 Å². The first-order valence-corrected chi connectivity index (χ1v) is 3.42. The molecule has 11 heavy (non-hydrogen) atoms. The summed E-state index contributed by atoms with van der Waals surface area (Å²) in [7, 11) is 0. The fraction of sp³-hybridized carbons (Fsp3) is 0.200. The second-order valence-corrected chi connectivity index (χ2v) is 2.62. The number of aromatic nitrogens is 4. The predicted octanol–water partition coefficient (Wildman–Crippen LogP) is 0.601. The van der Waals surface area contributed by atoms with Crippen LogP contribution in [0.5, 0.6) is 0 Å². The van der Waals surface area contributed by atoms with Gasteiger partial charge in [0.1, 0.15) is 0 Å². The quantitative estimate of drug-likeness (QED) is 0.610. The monoisotopic (exact) mass is 171 g/mol. The molecule has 0 bridgehead atoms. The highest BCUT2D eigenvalue weighted by atomic mass is 35.5. The van der Waals surface area contributed by atoms with Crippen molar-refractivity contribution in [1.29, 1.82) is 0 Å². The van der Waals surface area contributed by atoms with Crippen LogP contribution in [-0.2, 0) is 0 Å². The van der Waals surface area contributed by atoms with E-state index < -0.39 is 0 Å².